The zero-order chi connectivity index (χ0) is 18.9. The summed E-state index contributed by atoms with van der Waals surface area (Å²) in [4.78, 5) is 11.9. The maximum Gasteiger partial charge on any atom is 0.313 e. The number of aliphatic hydroxyl groups excluding tert-OH is 1. The molecule has 0 unspecified atom stereocenters. The molecule has 0 radical (unpaired) electrons. The monoisotopic (exact) mass is 385 g/mol. The first kappa shape index (κ1) is 18.9. The maximum absolute atomic E-state index is 13.2. The predicted octanol–water partition coefficient (Wildman–Crippen LogP) is 1.08. The Labute approximate surface area is 152 Å². The number of carboxylic acid groups (broad SMARTS) is 1. The van der Waals surface area contributed by atoms with E-state index in [1.807, 2.05) is 6.92 Å². The highest BCUT2D eigenvalue weighted by Crippen LogP contribution is 2.41. The van der Waals surface area contributed by atoms with Gasteiger partial charge < -0.3 is 19.7 Å². The van der Waals surface area contributed by atoms with Gasteiger partial charge in [0.25, 0.3) is 0 Å². The van der Waals surface area contributed by atoms with Gasteiger partial charge in [-0.05, 0) is 25.0 Å². The summed E-state index contributed by atoms with van der Waals surface area (Å²) >= 11 is 0. The van der Waals surface area contributed by atoms with E-state index in [2.05, 4.69) is 0 Å². The molecular formula is C17H23NO7S. The molecule has 1 aromatic rings. The summed E-state index contributed by atoms with van der Waals surface area (Å²) < 4.78 is 38.5. The van der Waals surface area contributed by atoms with Crippen LogP contribution in [-0.4, -0.2) is 61.3 Å². The number of piperidine rings is 1. The second-order valence-corrected chi connectivity index (χ2v) is 8.54. The summed E-state index contributed by atoms with van der Waals surface area (Å²) in [5, 5.41) is 20.0. The topological polar surface area (TPSA) is 113 Å². The van der Waals surface area contributed by atoms with E-state index in [1.165, 1.54) is 6.07 Å². The molecule has 1 fully saturated rings. The van der Waals surface area contributed by atoms with E-state index in [4.69, 9.17) is 9.47 Å². The van der Waals surface area contributed by atoms with Crippen molar-refractivity contribution in [2.75, 3.05) is 26.3 Å². The Kier molecular flexibility index (Phi) is 5.14. The van der Waals surface area contributed by atoms with Crippen molar-refractivity contribution >= 4 is 16.0 Å². The molecule has 3 rings (SSSR count). The lowest BCUT2D eigenvalue weighted by Gasteiger charge is -2.42. The van der Waals surface area contributed by atoms with Gasteiger partial charge in [0.05, 0.1) is 6.10 Å². The first-order valence-corrected chi connectivity index (χ1v) is 10.1. The molecule has 9 heteroatoms. The van der Waals surface area contributed by atoms with E-state index in [0.29, 0.717) is 18.8 Å². The van der Waals surface area contributed by atoms with Gasteiger partial charge in [-0.1, -0.05) is 19.4 Å². The van der Waals surface area contributed by atoms with Crippen molar-refractivity contribution in [2.24, 2.45) is 5.41 Å². The van der Waals surface area contributed by atoms with Crippen molar-refractivity contribution in [2.45, 2.75) is 37.2 Å². The lowest BCUT2D eigenvalue weighted by molar-refractivity contribution is -0.161. The van der Waals surface area contributed by atoms with Crippen LogP contribution >= 0.6 is 0 Å². The molecule has 0 bridgehead atoms. The van der Waals surface area contributed by atoms with Crippen LogP contribution in [0.3, 0.4) is 0 Å². The number of benzene rings is 1. The number of aliphatic carboxylic acids is 1. The Balaban J connectivity index is 1.99. The number of para-hydroxylation sites is 1. The number of carboxylic acids is 1. The van der Waals surface area contributed by atoms with Crippen LogP contribution in [0.15, 0.2) is 23.1 Å². The minimum atomic E-state index is -4.00. The van der Waals surface area contributed by atoms with E-state index in [1.54, 1.807) is 12.1 Å². The average Bonchev–Trinajstić information content (AvgIpc) is 2.62. The molecule has 1 aromatic carbocycles. The molecular weight excluding hydrogens is 362 g/mol. The zero-order valence-corrected chi connectivity index (χ0v) is 15.4. The van der Waals surface area contributed by atoms with Crippen LogP contribution in [0, 0.1) is 5.41 Å². The number of hydrogen-bond acceptors (Lipinski definition) is 6. The van der Waals surface area contributed by atoms with Gasteiger partial charge in [-0.3, -0.25) is 4.79 Å². The molecule has 2 N–H and O–H groups in total. The Hall–Kier alpha value is -1.84. The SMILES string of the molecule is CCC[C@@]1(C(=O)O)CN(S(=O)(=O)c2cccc3c2OCCO3)CC[C@H]1O. The lowest BCUT2D eigenvalue weighted by atomic mass is 9.74. The van der Waals surface area contributed by atoms with Gasteiger partial charge in [0.2, 0.25) is 10.0 Å². The van der Waals surface area contributed by atoms with Crippen LogP contribution in [0.25, 0.3) is 0 Å². The predicted molar refractivity (Wildman–Crippen MR) is 91.8 cm³/mol. The van der Waals surface area contributed by atoms with E-state index < -0.39 is 27.5 Å². The number of hydrogen-bond donors (Lipinski definition) is 2. The second-order valence-electron chi connectivity index (χ2n) is 6.63. The lowest BCUT2D eigenvalue weighted by Crippen LogP contribution is -2.57. The van der Waals surface area contributed by atoms with E-state index >= 15 is 0 Å². The van der Waals surface area contributed by atoms with E-state index in [9.17, 15) is 23.4 Å². The first-order chi connectivity index (χ1) is 12.3. The smallest absolute Gasteiger partial charge is 0.313 e. The number of nitrogens with zero attached hydrogens (tertiary/aromatic N) is 1. The number of sulfonamides is 1. The van der Waals surface area contributed by atoms with Gasteiger partial charge in [-0.25, -0.2) is 8.42 Å². The van der Waals surface area contributed by atoms with Crippen molar-refractivity contribution in [3.8, 4) is 11.5 Å². The standard InChI is InChI=1S/C17H23NO7S/c1-2-7-17(16(20)21)11-18(8-6-14(17)19)26(22,23)13-5-3-4-12-15(13)25-10-9-24-12/h3-5,14,19H,2,6-11H2,1H3,(H,20,21)/t14-,17-/m1/s1. The van der Waals surface area contributed by atoms with Crippen LogP contribution in [0.1, 0.15) is 26.2 Å². The quantitative estimate of drug-likeness (QED) is 0.780. The molecule has 8 nitrogen and oxygen atoms in total. The van der Waals surface area contributed by atoms with Crippen LogP contribution in [0.5, 0.6) is 11.5 Å². The normalized spacial score (nSPS) is 26.5. The molecule has 0 spiro atoms. The van der Waals surface area contributed by atoms with E-state index in [0.717, 1.165) is 4.31 Å². The third-order valence-corrected chi connectivity index (χ3v) is 6.89. The first-order valence-electron chi connectivity index (χ1n) is 8.63. The summed E-state index contributed by atoms with van der Waals surface area (Å²) in [5.74, 6) is -0.671. The number of aliphatic hydroxyl groups is 1. The van der Waals surface area contributed by atoms with Crippen molar-refractivity contribution in [1.82, 2.24) is 4.31 Å². The Bertz CT molecular complexity index is 794. The highest BCUT2D eigenvalue weighted by atomic mass is 32.2. The van der Waals surface area contributed by atoms with E-state index in [-0.39, 0.29) is 43.2 Å². The summed E-state index contributed by atoms with van der Waals surface area (Å²) in [6.45, 7) is 2.17. The molecule has 0 amide bonds. The van der Waals surface area contributed by atoms with Gasteiger partial charge in [0.1, 0.15) is 23.5 Å². The van der Waals surface area contributed by atoms with Gasteiger partial charge in [-0.2, -0.15) is 4.31 Å². The van der Waals surface area contributed by atoms with Crippen LogP contribution in [0.4, 0.5) is 0 Å². The minimum Gasteiger partial charge on any atom is -0.486 e. The number of ether oxygens (including phenoxy) is 2. The Morgan fingerprint density at radius 1 is 1.35 bits per heavy atom. The van der Waals surface area contributed by atoms with Gasteiger partial charge in [0.15, 0.2) is 11.5 Å². The molecule has 0 saturated carbocycles. The molecule has 2 atom stereocenters. The van der Waals surface area contributed by atoms with Crippen LogP contribution in [-0.2, 0) is 14.8 Å². The highest BCUT2D eigenvalue weighted by molar-refractivity contribution is 7.89. The average molecular weight is 385 g/mol. The molecule has 1 saturated heterocycles. The highest BCUT2D eigenvalue weighted by Gasteiger charge is 2.51. The summed E-state index contributed by atoms with van der Waals surface area (Å²) in [5.41, 5.74) is -1.51. The molecule has 26 heavy (non-hydrogen) atoms. The summed E-state index contributed by atoms with van der Waals surface area (Å²) in [6, 6.07) is 4.62. The molecule has 2 heterocycles. The fourth-order valence-corrected chi connectivity index (χ4v) is 5.31. The maximum atomic E-state index is 13.2. The van der Waals surface area contributed by atoms with Gasteiger partial charge in [-0.15, -0.1) is 0 Å². The zero-order valence-electron chi connectivity index (χ0n) is 14.6. The van der Waals surface area contributed by atoms with Gasteiger partial charge in [0, 0.05) is 13.1 Å². The molecule has 2 aliphatic rings. The molecule has 0 aromatic heterocycles. The number of carbonyl (C=O) groups is 1. The van der Waals surface area contributed by atoms with Crippen molar-refractivity contribution in [3.05, 3.63) is 18.2 Å². The molecule has 0 aliphatic carbocycles. The minimum absolute atomic E-state index is 0.0399. The largest absolute Gasteiger partial charge is 0.486 e. The van der Waals surface area contributed by atoms with Crippen molar-refractivity contribution in [1.29, 1.82) is 0 Å². The third kappa shape index (κ3) is 3.04. The van der Waals surface area contributed by atoms with Crippen molar-refractivity contribution < 1.29 is 32.9 Å². The third-order valence-electron chi connectivity index (χ3n) is 5.02. The number of rotatable bonds is 5. The van der Waals surface area contributed by atoms with Crippen LogP contribution in [0.2, 0.25) is 0 Å². The molecule has 2 aliphatic heterocycles. The van der Waals surface area contributed by atoms with Crippen LogP contribution < -0.4 is 9.47 Å². The van der Waals surface area contributed by atoms with Crippen molar-refractivity contribution in [3.63, 3.8) is 0 Å². The Morgan fingerprint density at radius 3 is 2.77 bits per heavy atom. The fraction of sp³-hybridized carbons (Fsp3) is 0.588. The summed E-state index contributed by atoms with van der Waals surface area (Å²) in [7, 11) is -4.00. The Morgan fingerprint density at radius 2 is 2.08 bits per heavy atom. The molecule has 144 valence electrons. The fourth-order valence-electron chi connectivity index (χ4n) is 3.64. The second kappa shape index (κ2) is 7.05. The number of fused-ring (bicyclic) bond motifs is 1. The summed E-state index contributed by atoms with van der Waals surface area (Å²) in [6.07, 6.45) is -0.301. The van der Waals surface area contributed by atoms with Gasteiger partial charge >= 0.3 is 5.97 Å².